The van der Waals surface area contributed by atoms with E-state index >= 15 is 0 Å². The predicted molar refractivity (Wildman–Crippen MR) is 70.9 cm³/mol. The van der Waals surface area contributed by atoms with E-state index in [0.717, 1.165) is 6.54 Å². The van der Waals surface area contributed by atoms with Crippen molar-refractivity contribution in [3.05, 3.63) is 0 Å². The van der Waals surface area contributed by atoms with Crippen LogP contribution in [-0.2, 0) is 0 Å². The number of nitrogens with zero attached hydrogens (tertiary/aromatic N) is 2. The van der Waals surface area contributed by atoms with Gasteiger partial charge in [-0.15, -0.1) is 0 Å². The highest BCUT2D eigenvalue weighted by molar-refractivity contribution is 4.75. The van der Waals surface area contributed by atoms with Crippen LogP contribution in [0.3, 0.4) is 0 Å². The molecule has 1 fully saturated rings. The van der Waals surface area contributed by atoms with E-state index in [4.69, 9.17) is 0 Å². The average molecular weight is 227 g/mol. The lowest BCUT2D eigenvalue weighted by Crippen LogP contribution is -2.50. The second-order valence-corrected chi connectivity index (χ2v) is 5.00. The fourth-order valence-corrected chi connectivity index (χ4v) is 2.35. The van der Waals surface area contributed by atoms with Gasteiger partial charge in [0, 0.05) is 38.8 Å². The van der Waals surface area contributed by atoms with Gasteiger partial charge in [-0.25, -0.2) is 0 Å². The number of rotatable bonds is 7. The van der Waals surface area contributed by atoms with E-state index in [1.807, 2.05) is 0 Å². The monoisotopic (exact) mass is 227 g/mol. The van der Waals surface area contributed by atoms with E-state index in [0.29, 0.717) is 6.04 Å². The molecule has 1 N–H and O–H groups in total. The van der Waals surface area contributed by atoms with Crippen LogP contribution in [0.25, 0.3) is 0 Å². The summed E-state index contributed by atoms with van der Waals surface area (Å²) in [7, 11) is 0. The maximum atomic E-state index is 3.56. The van der Waals surface area contributed by atoms with Crippen LogP contribution < -0.4 is 5.32 Å². The number of piperazine rings is 1. The molecule has 96 valence electrons. The molecule has 16 heavy (non-hydrogen) atoms. The van der Waals surface area contributed by atoms with Crippen LogP contribution in [0.5, 0.6) is 0 Å². The molecule has 0 spiro atoms. The summed E-state index contributed by atoms with van der Waals surface area (Å²) in [6.07, 6.45) is 2.52. The fourth-order valence-electron chi connectivity index (χ4n) is 2.35. The van der Waals surface area contributed by atoms with Crippen molar-refractivity contribution in [1.29, 1.82) is 0 Å². The zero-order valence-electron chi connectivity index (χ0n) is 11.3. The summed E-state index contributed by atoms with van der Waals surface area (Å²) in [5.74, 6) is 0. The van der Waals surface area contributed by atoms with Crippen molar-refractivity contribution in [2.75, 3.05) is 45.8 Å². The van der Waals surface area contributed by atoms with E-state index in [1.165, 1.54) is 52.1 Å². The summed E-state index contributed by atoms with van der Waals surface area (Å²) < 4.78 is 0. The second kappa shape index (κ2) is 8.04. The Morgan fingerprint density at radius 2 is 1.62 bits per heavy atom. The highest BCUT2D eigenvalue weighted by Gasteiger charge is 2.17. The first-order chi connectivity index (χ1) is 7.76. The summed E-state index contributed by atoms with van der Waals surface area (Å²) in [6, 6.07) is 0.637. The zero-order valence-corrected chi connectivity index (χ0v) is 11.3. The number of hydrogen-bond donors (Lipinski definition) is 1. The van der Waals surface area contributed by atoms with Crippen LogP contribution in [0.2, 0.25) is 0 Å². The normalized spacial score (nSPS) is 21.2. The fraction of sp³-hybridized carbons (Fsp3) is 1.00. The second-order valence-electron chi connectivity index (χ2n) is 5.00. The Morgan fingerprint density at radius 1 is 1.00 bits per heavy atom. The Bertz CT molecular complexity index is 165. The molecule has 0 aromatic carbocycles. The van der Waals surface area contributed by atoms with Gasteiger partial charge < -0.3 is 10.2 Å². The molecule has 3 heteroatoms. The van der Waals surface area contributed by atoms with Gasteiger partial charge in [-0.3, -0.25) is 4.90 Å². The van der Waals surface area contributed by atoms with E-state index in [-0.39, 0.29) is 0 Å². The molecule has 0 aromatic heterocycles. The molecular weight excluding hydrogens is 198 g/mol. The highest BCUT2D eigenvalue weighted by atomic mass is 15.3. The Hall–Kier alpha value is -0.120. The lowest BCUT2D eigenvalue weighted by atomic mass is 10.2. The molecule has 1 heterocycles. The van der Waals surface area contributed by atoms with Crippen LogP contribution in [0.4, 0.5) is 0 Å². The van der Waals surface area contributed by atoms with Gasteiger partial charge in [0.25, 0.3) is 0 Å². The van der Waals surface area contributed by atoms with E-state index < -0.39 is 0 Å². The molecule has 0 radical (unpaired) electrons. The van der Waals surface area contributed by atoms with E-state index in [2.05, 4.69) is 35.9 Å². The average Bonchev–Trinajstić information content (AvgIpc) is 2.29. The third-order valence-electron chi connectivity index (χ3n) is 3.28. The molecule has 0 saturated carbocycles. The van der Waals surface area contributed by atoms with Crippen LogP contribution in [0.15, 0.2) is 0 Å². The molecular formula is C13H29N3. The van der Waals surface area contributed by atoms with Gasteiger partial charge in [-0.2, -0.15) is 0 Å². The van der Waals surface area contributed by atoms with Crippen LogP contribution in [0.1, 0.15) is 33.6 Å². The van der Waals surface area contributed by atoms with Crippen molar-refractivity contribution < 1.29 is 0 Å². The Balaban J connectivity index is 2.11. The molecule has 1 saturated heterocycles. The van der Waals surface area contributed by atoms with Gasteiger partial charge in [0.1, 0.15) is 0 Å². The smallest absolute Gasteiger partial charge is 0.0166 e. The molecule has 1 aliphatic heterocycles. The molecule has 3 nitrogen and oxygen atoms in total. The zero-order chi connectivity index (χ0) is 11.8. The van der Waals surface area contributed by atoms with Gasteiger partial charge in [-0.05, 0) is 32.9 Å². The first-order valence-corrected chi connectivity index (χ1v) is 6.94. The number of hydrogen-bond acceptors (Lipinski definition) is 3. The topological polar surface area (TPSA) is 18.5 Å². The first kappa shape index (κ1) is 13.9. The Kier molecular flexibility index (Phi) is 7.01. The van der Waals surface area contributed by atoms with Gasteiger partial charge in [0.2, 0.25) is 0 Å². The standard InChI is InChI=1S/C13H29N3/c1-4-6-14-13(3)12-16-10-8-15(7-5-2)9-11-16/h13-14H,4-12H2,1-3H3. The van der Waals surface area contributed by atoms with Crippen molar-refractivity contribution in [3.63, 3.8) is 0 Å². The summed E-state index contributed by atoms with van der Waals surface area (Å²) in [5.41, 5.74) is 0. The minimum absolute atomic E-state index is 0.637. The molecule has 0 aliphatic carbocycles. The molecule has 0 bridgehead atoms. The highest BCUT2D eigenvalue weighted by Crippen LogP contribution is 2.03. The lowest BCUT2D eigenvalue weighted by molar-refractivity contribution is 0.125. The maximum Gasteiger partial charge on any atom is 0.0166 e. The summed E-state index contributed by atoms with van der Waals surface area (Å²) in [5, 5.41) is 3.56. The van der Waals surface area contributed by atoms with Crippen molar-refractivity contribution >= 4 is 0 Å². The first-order valence-electron chi connectivity index (χ1n) is 6.94. The van der Waals surface area contributed by atoms with Crippen LogP contribution >= 0.6 is 0 Å². The van der Waals surface area contributed by atoms with Gasteiger partial charge >= 0.3 is 0 Å². The van der Waals surface area contributed by atoms with Gasteiger partial charge in [-0.1, -0.05) is 13.8 Å². The molecule has 1 aliphatic rings. The lowest BCUT2D eigenvalue weighted by Gasteiger charge is -2.35. The van der Waals surface area contributed by atoms with Crippen molar-refractivity contribution in [2.45, 2.75) is 39.7 Å². The Morgan fingerprint density at radius 3 is 2.19 bits per heavy atom. The molecule has 0 aromatic rings. The maximum absolute atomic E-state index is 3.56. The van der Waals surface area contributed by atoms with Gasteiger partial charge in [0.05, 0.1) is 0 Å². The van der Waals surface area contributed by atoms with Crippen molar-refractivity contribution in [1.82, 2.24) is 15.1 Å². The Labute approximate surface area is 101 Å². The molecule has 1 unspecified atom stereocenters. The largest absolute Gasteiger partial charge is 0.313 e. The molecule has 0 amide bonds. The minimum Gasteiger partial charge on any atom is -0.313 e. The van der Waals surface area contributed by atoms with Gasteiger partial charge in [0.15, 0.2) is 0 Å². The third kappa shape index (κ3) is 5.28. The van der Waals surface area contributed by atoms with Crippen LogP contribution in [-0.4, -0.2) is 61.7 Å². The summed E-state index contributed by atoms with van der Waals surface area (Å²) in [6.45, 7) is 15.4. The molecule has 1 rings (SSSR count). The van der Waals surface area contributed by atoms with E-state index in [1.54, 1.807) is 0 Å². The summed E-state index contributed by atoms with van der Waals surface area (Å²) >= 11 is 0. The molecule has 1 atom stereocenters. The third-order valence-corrected chi connectivity index (χ3v) is 3.28. The van der Waals surface area contributed by atoms with Crippen molar-refractivity contribution in [3.8, 4) is 0 Å². The quantitative estimate of drug-likeness (QED) is 0.709. The van der Waals surface area contributed by atoms with Crippen molar-refractivity contribution in [2.24, 2.45) is 0 Å². The predicted octanol–water partition coefficient (Wildman–Crippen LogP) is 1.40. The minimum atomic E-state index is 0.637. The van der Waals surface area contributed by atoms with Crippen LogP contribution in [0, 0.1) is 0 Å². The number of nitrogens with one attached hydrogen (secondary N) is 1. The van der Waals surface area contributed by atoms with E-state index in [9.17, 15) is 0 Å². The summed E-state index contributed by atoms with van der Waals surface area (Å²) in [4.78, 5) is 5.18. The SMILES string of the molecule is CCCNC(C)CN1CCN(CCC)CC1.